The molecular weight excluding hydrogens is 613 g/mol. The van der Waals surface area contributed by atoms with Gasteiger partial charge in [-0.25, -0.2) is 9.82 Å². The fourth-order valence-corrected chi connectivity index (χ4v) is 4.05. The number of ether oxygens (including phenoxy) is 2. The molecule has 8 nitrogen and oxygen atoms in total. The van der Waals surface area contributed by atoms with Crippen molar-refractivity contribution in [2.45, 2.75) is 6.92 Å². The molecule has 1 aromatic heterocycles. The summed E-state index contributed by atoms with van der Waals surface area (Å²) in [5.74, 6) is -0.476. The zero-order valence-electron chi connectivity index (χ0n) is 19.4. The second kappa shape index (κ2) is 12.0. The quantitative estimate of drug-likeness (QED) is 0.167. The summed E-state index contributed by atoms with van der Waals surface area (Å²) >= 11 is 6.83. The van der Waals surface area contributed by atoms with Crippen LogP contribution in [0.15, 0.2) is 79.1 Å². The molecule has 0 spiro atoms. The number of benzene rings is 3. The summed E-state index contributed by atoms with van der Waals surface area (Å²) in [4.78, 5) is 24.7. The van der Waals surface area contributed by atoms with Gasteiger partial charge in [0.2, 0.25) is 0 Å². The minimum atomic E-state index is -0.503. The van der Waals surface area contributed by atoms with Gasteiger partial charge < -0.3 is 19.2 Å². The van der Waals surface area contributed by atoms with Gasteiger partial charge in [0, 0.05) is 25.6 Å². The average Bonchev–Trinajstić information content (AvgIpc) is 3.29. The van der Waals surface area contributed by atoms with Crippen molar-refractivity contribution in [3.8, 4) is 11.5 Å². The topological polar surface area (TPSA) is 102 Å². The van der Waals surface area contributed by atoms with Crippen LogP contribution in [0.1, 0.15) is 23.0 Å². The fraction of sp³-hybridized carbons (Fsp3) is 0.115. The molecule has 0 aliphatic carbocycles. The van der Waals surface area contributed by atoms with E-state index < -0.39 is 17.6 Å². The Kier molecular flexibility index (Phi) is 8.57. The molecule has 0 aliphatic rings. The molecule has 190 valence electrons. The van der Waals surface area contributed by atoms with Crippen LogP contribution in [0.2, 0.25) is 0 Å². The van der Waals surface area contributed by atoms with Crippen LogP contribution in [0.25, 0.3) is 11.0 Å². The third-order valence-corrected chi connectivity index (χ3v) is 6.10. The molecule has 0 atom stereocenters. The maximum atomic E-state index is 13.0. The monoisotopic (exact) mass is 631 g/mol. The molecule has 11 heteroatoms. The molecule has 37 heavy (non-hydrogen) atoms. The molecule has 4 aromatic rings. The lowest BCUT2D eigenvalue weighted by Gasteiger charge is -2.14. The summed E-state index contributed by atoms with van der Waals surface area (Å²) in [5.41, 5.74) is 4.07. The van der Waals surface area contributed by atoms with Crippen molar-refractivity contribution in [2.75, 3.05) is 18.5 Å². The molecule has 3 aromatic carbocycles. The van der Waals surface area contributed by atoms with Crippen molar-refractivity contribution in [3.63, 3.8) is 0 Å². The molecule has 2 N–H and O–H groups in total. The largest absolute Gasteiger partial charge is 0.490 e. The van der Waals surface area contributed by atoms with Gasteiger partial charge in [-0.15, -0.1) is 0 Å². The lowest BCUT2D eigenvalue weighted by Crippen LogP contribution is -2.20. The van der Waals surface area contributed by atoms with Gasteiger partial charge in [-0.05, 0) is 83.5 Å². The van der Waals surface area contributed by atoms with Crippen LogP contribution < -0.4 is 20.2 Å². The molecule has 0 saturated carbocycles. The number of hydrazone groups is 1. The minimum Gasteiger partial charge on any atom is -0.490 e. The Bertz CT molecular complexity index is 1470. The van der Waals surface area contributed by atoms with Gasteiger partial charge in [-0.1, -0.05) is 15.9 Å². The lowest BCUT2D eigenvalue weighted by molar-refractivity contribution is -0.118. The Balaban J connectivity index is 1.41. The predicted octanol–water partition coefficient (Wildman–Crippen LogP) is 6.28. The summed E-state index contributed by atoms with van der Waals surface area (Å²) in [5, 5.41) is 7.43. The highest BCUT2D eigenvalue weighted by atomic mass is 79.9. The van der Waals surface area contributed by atoms with Crippen molar-refractivity contribution in [2.24, 2.45) is 5.10 Å². The number of rotatable bonds is 9. The van der Waals surface area contributed by atoms with E-state index in [9.17, 15) is 14.0 Å². The Morgan fingerprint density at radius 2 is 1.78 bits per heavy atom. The number of nitrogens with one attached hydrogen (secondary N) is 2. The first-order chi connectivity index (χ1) is 17.8. The van der Waals surface area contributed by atoms with Crippen molar-refractivity contribution in [1.29, 1.82) is 0 Å². The fourth-order valence-electron chi connectivity index (χ4n) is 3.25. The summed E-state index contributed by atoms with van der Waals surface area (Å²) in [6.07, 6.45) is 1.44. The smallest absolute Gasteiger partial charge is 0.307 e. The van der Waals surface area contributed by atoms with Crippen LogP contribution in [0.3, 0.4) is 0 Å². The number of amides is 2. The second-order valence-corrected chi connectivity index (χ2v) is 9.36. The molecule has 0 saturated heterocycles. The van der Waals surface area contributed by atoms with Gasteiger partial charge in [-0.2, -0.15) is 5.10 Å². The first-order valence-corrected chi connectivity index (χ1v) is 12.6. The zero-order valence-corrected chi connectivity index (χ0v) is 22.6. The zero-order chi connectivity index (χ0) is 26.4. The number of hydrogen-bond donors (Lipinski definition) is 2. The first kappa shape index (κ1) is 26.4. The number of fused-ring (bicyclic) bond motifs is 1. The van der Waals surface area contributed by atoms with Crippen molar-refractivity contribution < 1.29 is 27.9 Å². The van der Waals surface area contributed by atoms with E-state index >= 15 is 0 Å². The summed E-state index contributed by atoms with van der Waals surface area (Å²) in [7, 11) is 0. The SMILES string of the molecule is CCOc1cc(/C=N/NC(=O)c2cc3cc(Br)ccc3o2)c(Br)cc1OCC(=O)Nc1ccc(F)cc1. The molecule has 4 rings (SSSR count). The third kappa shape index (κ3) is 6.95. The van der Waals surface area contributed by atoms with E-state index in [0.717, 1.165) is 9.86 Å². The van der Waals surface area contributed by atoms with E-state index in [1.165, 1.54) is 30.5 Å². The van der Waals surface area contributed by atoms with Crippen LogP contribution >= 0.6 is 31.9 Å². The number of anilines is 1. The van der Waals surface area contributed by atoms with Crippen LogP contribution in [-0.2, 0) is 4.79 Å². The van der Waals surface area contributed by atoms with E-state index in [1.54, 1.807) is 24.3 Å². The lowest BCUT2D eigenvalue weighted by atomic mass is 10.2. The van der Waals surface area contributed by atoms with Crippen LogP contribution in [0.5, 0.6) is 11.5 Å². The van der Waals surface area contributed by atoms with Crippen molar-refractivity contribution in [1.82, 2.24) is 5.43 Å². The van der Waals surface area contributed by atoms with E-state index in [-0.39, 0.29) is 12.4 Å². The Morgan fingerprint density at radius 1 is 1.03 bits per heavy atom. The molecule has 0 bridgehead atoms. The molecule has 0 fully saturated rings. The van der Waals surface area contributed by atoms with E-state index in [0.29, 0.717) is 39.4 Å². The number of hydrogen-bond acceptors (Lipinski definition) is 6. The Labute approximate surface area is 228 Å². The molecule has 0 radical (unpaired) electrons. The molecule has 0 unspecified atom stereocenters. The number of halogens is 3. The first-order valence-electron chi connectivity index (χ1n) is 11.0. The Morgan fingerprint density at radius 3 is 2.54 bits per heavy atom. The maximum absolute atomic E-state index is 13.0. The maximum Gasteiger partial charge on any atom is 0.307 e. The van der Waals surface area contributed by atoms with Crippen LogP contribution in [0, 0.1) is 5.82 Å². The highest BCUT2D eigenvalue weighted by Crippen LogP contribution is 2.33. The van der Waals surface area contributed by atoms with Crippen LogP contribution in [0.4, 0.5) is 10.1 Å². The van der Waals surface area contributed by atoms with Gasteiger partial charge in [0.15, 0.2) is 23.9 Å². The van der Waals surface area contributed by atoms with Gasteiger partial charge in [0.25, 0.3) is 5.91 Å². The predicted molar refractivity (Wildman–Crippen MR) is 145 cm³/mol. The van der Waals surface area contributed by atoms with E-state index in [1.807, 2.05) is 19.1 Å². The standard InChI is InChI=1S/C26H20Br2FN3O5/c1-2-35-22-11-16(13-30-32-26(34)24-10-15-9-17(27)3-8-21(15)37-24)20(28)12-23(22)36-14-25(33)31-19-6-4-18(29)5-7-19/h3-13H,2,14H2,1H3,(H,31,33)(H,32,34)/b30-13+. The van der Waals surface area contributed by atoms with Gasteiger partial charge >= 0.3 is 5.91 Å². The van der Waals surface area contributed by atoms with Gasteiger partial charge in [0.1, 0.15) is 11.4 Å². The average molecular weight is 633 g/mol. The number of nitrogens with zero attached hydrogens (tertiary/aromatic N) is 1. The number of carbonyl (C=O) groups is 2. The summed E-state index contributed by atoms with van der Waals surface area (Å²) in [6, 6.07) is 15.8. The number of carbonyl (C=O) groups excluding carboxylic acids is 2. The van der Waals surface area contributed by atoms with E-state index in [2.05, 4.69) is 47.7 Å². The van der Waals surface area contributed by atoms with E-state index in [4.69, 9.17) is 13.9 Å². The van der Waals surface area contributed by atoms with Crippen LogP contribution in [-0.4, -0.2) is 31.2 Å². The summed E-state index contributed by atoms with van der Waals surface area (Å²) < 4.78 is 31.4. The normalized spacial score (nSPS) is 11.0. The summed E-state index contributed by atoms with van der Waals surface area (Å²) in [6.45, 7) is 1.88. The second-order valence-electron chi connectivity index (χ2n) is 7.59. The molecule has 2 amide bonds. The molecule has 1 heterocycles. The molecular formula is C26H20Br2FN3O5. The van der Waals surface area contributed by atoms with Crippen molar-refractivity contribution >= 4 is 66.5 Å². The third-order valence-electron chi connectivity index (χ3n) is 4.92. The minimum absolute atomic E-state index is 0.127. The van der Waals surface area contributed by atoms with Gasteiger partial charge in [-0.3, -0.25) is 9.59 Å². The Hall–Kier alpha value is -3.70. The highest BCUT2D eigenvalue weighted by Gasteiger charge is 2.14. The molecule has 0 aliphatic heterocycles. The van der Waals surface area contributed by atoms with Crippen molar-refractivity contribution in [3.05, 3.63) is 86.8 Å². The van der Waals surface area contributed by atoms with Gasteiger partial charge in [0.05, 0.1) is 12.8 Å². The highest BCUT2D eigenvalue weighted by molar-refractivity contribution is 9.10. The number of furan rings is 1.